The van der Waals surface area contributed by atoms with Crippen LogP contribution in [-0.4, -0.2) is 44.8 Å². The Hall–Kier alpha value is -1.89. The fraction of sp³-hybridized carbons (Fsp3) is 0.562. The average Bonchev–Trinajstić information content (AvgIpc) is 2.92. The maximum atomic E-state index is 12.7. The maximum Gasteiger partial charge on any atom is 0.307 e. The molecule has 0 aromatic carbocycles. The largest absolute Gasteiger partial charge is 0.481 e. The zero-order valence-electron chi connectivity index (χ0n) is 13.2. The lowest BCUT2D eigenvalue weighted by Gasteiger charge is -2.32. The molecule has 0 bridgehead atoms. The van der Waals surface area contributed by atoms with Crippen LogP contribution in [0.1, 0.15) is 34.6 Å². The number of carboxylic acids is 1. The van der Waals surface area contributed by atoms with E-state index in [0.29, 0.717) is 13.1 Å². The minimum Gasteiger partial charge on any atom is -0.481 e. The van der Waals surface area contributed by atoms with Crippen LogP contribution in [0.2, 0.25) is 0 Å². The molecule has 1 unspecified atom stereocenters. The first kappa shape index (κ1) is 14.7. The molecule has 1 saturated carbocycles. The lowest BCUT2D eigenvalue weighted by Crippen LogP contribution is -2.39. The van der Waals surface area contributed by atoms with Crippen LogP contribution in [0.25, 0.3) is 10.2 Å². The molecule has 0 radical (unpaired) electrons. The summed E-state index contributed by atoms with van der Waals surface area (Å²) in [6, 6.07) is 1.94. The highest BCUT2D eigenvalue weighted by Crippen LogP contribution is 2.59. The van der Waals surface area contributed by atoms with Gasteiger partial charge in [0.1, 0.15) is 4.83 Å². The number of carbonyl (C=O) groups is 2. The smallest absolute Gasteiger partial charge is 0.307 e. The van der Waals surface area contributed by atoms with Gasteiger partial charge in [0.15, 0.2) is 0 Å². The van der Waals surface area contributed by atoms with E-state index in [1.807, 2.05) is 29.6 Å². The van der Waals surface area contributed by atoms with Gasteiger partial charge in [-0.1, -0.05) is 0 Å². The molecule has 2 aromatic rings. The number of hydrogen-bond donors (Lipinski definition) is 1. The predicted molar refractivity (Wildman–Crippen MR) is 86.6 cm³/mol. The van der Waals surface area contributed by atoms with Crippen molar-refractivity contribution >= 4 is 33.4 Å². The number of likely N-dealkylation sites (tertiary alicyclic amines) is 1. The summed E-state index contributed by atoms with van der Waals surface area (Å²) in [5, 5.41) is 14.6. The van der Waals surface area contributed by atoms with E-state index < -0.39 is 5.97 Å². The SMILES string of the molecule is Cc1nn(C)c2sc(C(=O)N3CCC4(CC3)CC4C(=O)O)cc12. The van der Waals surface area contributed by atoms with Crippen molar-refractivity contribution < 1.29 is 14.7 Å². The number of piperidine rings is 1. The molecule has 4 rings (SSSR count). The first-order valence-corrected chi connectivity index (χ1v) is 8.68. The number of nitrogens with zero attached hydrogens (tertiary/aromatic N) is 3. The quantitative estimate of drug-likeness (QED) is 0.915. The molecule has 1 saturated heterocycles. The molecule has 2 aliphatic rings. The first-order chi connectivity index (χ1) is 10.9. The summed E-state index contributed by atoms with van der Waals surface area (Å²) in [5.41, 5.74) is 0.904. The molecule has 7 heteroatoms. The molecule has 2 fully saturated rings. The number of rotatable bonds is 2. The lowest BCUT2D eigenvalue weighted by molar-refractivity contribution is -0.139. The number of hydrogen-bond acceptors (Lipinski definition) is 4. The van der Waals surface area contributed by atoms with Crippen LogP contribution in [0.3, 0.4) is 0 Å². The molecular formula is C16H19N3O3S. The van der Waals surface area contributed by atoms with Gasteiger partial charge in [-0.15, -0.1) is 11.3 Å². The zero-order valence-corrected chi connectivity index (χ0v) is 14.0. The number of fused-ring (bicyclic) bond motifs is 1. The monoisotopic (exact) mass is 333 g/mol. The van der Waals surface area contributed by atoms with Gasteiger partial charge in [0.2, 0.25) is 0 Å². The molecule has 2 aromatic heterocycles. The van der Waals surface area contributed by atoms with Crippen molar-refractivity contribution in [2.75, 3.05) is 13.1 Å². The number of aliphatic carboxylic acids is 1. The fourth-order valence-corrected chi connectivity index (χ4v) is 4.96. The highest BCUT2D eigenvalue weighted by atomic mass is 32.1. The molecule has 1 aliphatic carbocycles. The van der Waals surface area contributed by atoms with Crippen LogP contribution < -0.4 is 0 Å². The zero-order chi connectivity index (χ0) is 16.4. The fourth-order valence-electron chi connectivity index (χ4n) is 3.87. The van der Waals surface area contributed by atoms with Crippen LogP contribution in [0.4, 0.5) is 0 Å². The van der Waals surface area contributed by atoms with Gasteiger partial charge in [-0.2, -0.15) is 5.10 Å². The standard InChI is InChI=1S/C16H19N3O3S/c1-9-10-7-12(23-14(10)18(2)17-9)13(20)19-5-3-16(4-6-19)8-11(16)15(21)22/h7,11H,3-6,8H2,1-2H3,(H,21,22). The second-order valence-corrected chi connectivity index (χ2v) is 7.82. The summed E-state index contributed by atoms with van der Waals surface area (Å²) in [5.74, 6) is -0.817. The summed E-state index contributed by atoms with van der Waals surface area (Å²) in [6.07, 6.45) is 2.39. The van der Waals surface area contributed by atoms with Crippen LogP contribution in [0, 0.1) is 18.3 Å². The molecule has 23 heavy (non-hydrogen) atoms. The van der Waals surface area contributed by atoms with Gasteiger partial charge in [0.05, 0.1) is 16.5 Å². The van der Waals surface area contributed by atoms with E-state index in [4.69, 9.17) is 5.11 Å². The van der Waals surface area contributed by atoms with Crippen LogP contribution >= 0.6 is 11.3 Å². The Bertz CT molecular complexity index is 780. The van der Waals surface area contributed by atoms with Crippen molar-refractivity contribution in [3.05, 3.63) is 16.6 Å². The van der Waals surface area contributed by atoms with Crippen LogP contribution in [-0.2, 0) is 11.8 Å². The van der Waals surface area contributed by atoms with Gasteiger partial charge >= 0.3 is 5.97 Å². The Morgan fingerprint density at radius 1 is 1.39 bits per heavy atom. The van der Waals surface area contributed by atoms with Gasteiger partial charge in [-0.3, -0.25) is 14.3 Å². The normalized spacial score (nSPS) is 22.7. The van der Waals surface area contributed by atoms with Gasteiger partial charge in [-0.25, -0.2) is 0 Å². The van der Waals surface area contributed by atoms with E-state index in [0.717, 1.165) is 40.1 Å². The number of amides is 1. The van der Waals surface area contributed by atoms with Crippen molar-refractivity contribution in [1.82, 2.24) is 14.7 Å². The Kier molecular flexibility index (Phi) is 3.07. The Morgan fingerprint density at radius 3 is 2.65 bits per heavy atom. The van der Waals surface area contributed by atoms with Crippen molar-refractivity contribution in [3.63, 3.8) is 0 Å². The van der Waals surface area contributed by atoms with E-state index in [2.05, 4.69) is 5.10 Å². The Balaban J connectivity index is 1.49. The molecule has 1 aliphatic heterocycles. The number of aromatic nitrogens is 2. The molecule has 1 N–H and O–H groups in total. The van der Waals surface area contributed by atoms with Gasteiger partial charge in [-0.05, 0) is 37.7 Å². The van der Waals surface area contributed by atoms with E-state index in [1.54, 1.807) is 0 Å². The highest BCUT2D eigenvalue weighted by Gasteiger charge is 2.59. The van der Waals surface area contributed by atoms with Gasteiger partial charge in [0.25, 0.3) is 5.91 Å². The van der Waals surface area contributed by atoms with Gasteiger partial charge in [0, 0.05) is 25.5 Å². The number of thiophene rings is 1. The third-order valence-corrected chi connectivity index (χ3v) is 6.63. The summed E-state index contributed by atoms with van der Waals surface area (Å²) in [7, 11) is 1.89. The van der Waals surface area contributed by atoms with E-state index in [9.17, 15) is 9.59 Å². The number of carbonyl (C=O) groups excluding carboxylic acids is 1. The second-order valence-electron chi connectivity index (χ2n) is 6.79. The molecule has 1 spiro atoms. The van der Waals surface area contributed by atoms with Gasteiger partial charge < -0.3 is 10.0 Å². The van der Waals surface area contributed by atoms with E-state index >= 15 is 0 Å². The van der Waals surface area contributed by atoms with E-state index in [-0.39, 0.29) is 17.2 Å². The highest BCUT2D eigenvalue weighted by molar-refractivity contribution is 7.20. The first-order valence-electron chi connectivity index (χ1n) is 7.86. The average molecular weight is 333 g/mol. The van der Waals surface area contributed by atoms with Crippen molar-refractivity contribution in [3.8, 4) is 0 Å². The molecule has 1 amide bonds. The minimum absolute atomic E-state index is 0.0384. The topological polar surface area (TPSA) is 75.4 Å². The summed E-state index contributed by atoms with van der Waals surface area (Å²) in [4.78, 5) is 27.5. The van der Waals surface area contributed by atoms with Crippen molar-refractivity contribution in [1.29, 1.82) is 0 Å². The molecule has 3 heterocycles. The van der Waals surface area contributed by atoms with Crippen molar-refractivity contribution in [2.45, 2.75) is 26.2 Å². The molecular weight excluding hydrogens is 314 g/mol. The molecule has 1 atom stereocenters. The Morgan fingerprint density at radius 2 is 2.09 bits per heavy atom. The predicted octanol–water partition coefficient (Wildman–Crippen LogP) is 2.27. The summed E-state index contributed by atoms with van der Waals surface area (Å²) in [6.45, 7) is 3.27. The van der Waals surface area contributed by atoms with Crippen LogP contribution in [0.5, 0.6) is 0 Å². The molecule has 122 valence electrons. The summed E-state index contributed by atoms with van der Waals surface area (Å²) >= 11 is 1.48. The minimum atomic E-state index is -0.683. The second kappa shape index (κ2) is 4.80. The van der Waals surface area contributed by atoms with E-state index in [1.165, 1.54) is 11.3 Å². The third kappa shape index (κ3) is 2.17. The number of carboxylic acid groups (broad SMARTS) is 1. The number of aryl methyl sites for hydroxylation is 2. The Labute approximate surface area is 137 Å². The lowest BCUT2D eigenvalue weighted by atomic mass is 9.91. The third-order valence-electron chi connectivity index (χ3n) is 5.44. The summed E-state index contributed by atoms with van der Waals surface area (Å²) < 4.78 is 1.82. The van der Waals surface area contributed by atoms with Crippen molar-refractivity contribution in [2.24, 2.45) is 18.4 Å². The molecule has 6 nitrogen and oxygen atoms in total. The van der Waals surface area contributed by atoms with Crippen LogP contribution in [0.15, 0.2) is 6.07 Å². The maximum absolute atomic E-state index is 12.7.